The van der Waals surface area contributed by atoms with Gasteiger partial charge in [0, 0.05) is 0 Å². The first kappa shape index (κ1) is 37.0. The van der Waals surface area contributed by atoms with Gasteiger partial charge in [-0.15, -0.1) is 11.1 Å². The first-order chi connectivity index (χ1) is 20.3. The van der Waals surface area contributed by atoms with Gasteiger partial charge < -0.3 is 24.8 Å². The zero-order valence-corrected chi connectivity index (χ0v) is 31.4. The molecule has 5 aromatic rings. The van der Waals surface area contributed by atoms with Crippen molar-refractivity contribution in [3.8, 4) is 11.1 Å². The minimum atomic E-state index is 0. The van der Waals surface area contributed by atoms with Crippen LogP contribution in [0.25, 0.3) is 21.9 Å². The molecule has 2 aliphatic rings. The molecule has 2 aliphatic carbocycles. The van der Waals surface area contributed by atoms with E-state index in [-0.39, 0.29) is 41.1 Å². The zero-order chi connectivity index (χ0) is 31.2. The van der Waals surface area contributed by atoms with Crippen LogP contribution in [0.5, 0.6) is 0 Å². The standard InChI is InChI=1S/C29H33.C8H8.C5H5.2ClH.Ti/c1-17-12-11-15-21-23(17)26-24(18(2)27(3,4)29(7,8)28(26,5)6)22-16-19-13-9-10-14-20(19)25(21)22;1-2-8-6-4-3-5-7-8;1-2-4-5-3-1;;;/h9-15H,16H2,1-8H3;3-7H,1H3;1-5H;2*1H;/q-1;;-1;;;+2/p-2. The van der Waals surface area contributed by atoms with E-state index in [2.05, 4.69) is 149 Å². The molecule has 45 heavy (non-hydrogen) atoms. The average molecular weight is 670 g/mol. The maximum Gasteiger partial charge on any atom is -0.0272 e. The molecule has 0 aromatic heterocycles. The molecule has 0 amide bonds. The second kappa shape index (κ2) is 14.1. The Kier molecular flexibility index (Phi) is 11.6. The third-order valence-corrected chi connectivity index (χ3v) is 11.6. The summed E-state index contributed by atoms with van der Waals surface area (Å²) in [5.74, 6) is 1.56. The Morgan fingerprint density at radius 3 is 1.93 bits per heavy atom. The maximum atomic E-state index is 2.49. The molecule has 0 spiro atoms. The fourth-order valence-electron chi connectivity index (χ4n) is 7.29. The third-order valence-electron chi connectivity index (χ3n) is 11.1. The molecule has 0 saturated heterocycles. The van der Waals surface area contributed by atoms with E-state index in [1.54, 1.807) is 22.6 Å². The molecule has 0 atom stereocenters. The summed E-state index contributed by atoms with van der Waals surface area (Å²) in [6.45, 7) is 21.7. The normalized spacial score (nSPS) is 15.8. The minimum absolute atomic E-state index is 0. The van der Waals surface area contributed by atoms with Gasteiger partial charge in [0.2, 0.25) is 0 Å². The summed E-state index contributed by atoms with van der Waals surface area (Å²) in [5.41, 5.74) is 12.2. The number of halogens is 2. The number of rotatable bonds is 1. The smallest absolute Gasteiger partial charge is 0.0272 e. The van der Waals surface area contributed by atoms with Crippen LogP contribution in [0.3, 0.4) is 0 Å². The van der Waals surface area contributed by atoms with Crippen LogP contribution in [0.1, 0.15) is 88.8 Å². The van der Waals surface area contributed by atoms with Gasteiger partial charge in [-0.1, -0.05) is 113 Å². The van der Waals surface area contributed by atoms with Gasteiger partial charge in [0.05, 0.1) is 0 Å². The molecule has 0 saturated carbocycles. The molecule has 0 fully saturated rings. The van der Waals surface area contributed by atoms with Crippen molar-refractivity contribution in [1.29, 1.82) is 0 Å². The molecule has 7 rings (SSSR count). The van der Waals surface area contributed by atoms with Crippen molar-refractivity contribution in [3.63, 3.8) is 0 Å². The summed E-state index contributed by atoms with van der Waals surface area (Å²) in [6, 6.07) is 36.3. The van der Waals surface area contributed by atoms with Gasteiger partial charge in [-0.3, -0.25) is 0 Å². The van der Waals surface area contributed by atoms with Gasteiger partial charge in [0.15, 0.2) is 0 Å². The van der Waals surface area contributed by atoms with E-state index < -0.39 is 0 Å². The predicted molar refractivity (Wildman–Crippen MR) is 184 cm³/mol. The molecular weight excluding hydrogens is 623 g/mol. The molecular formula is C42H46Cl2Ti-2. The number of hydrogen-bond donors (Lipinski definition) is 0. The first-order valence-corrected chi connectivity index (χ1v) is 16.4. The van der Waals surface area contributed by atoms with E-state index in [0.29, 0.717) is 0 Å². The van der Waals surface area contributed by atoms with Crippen molar-refractivity contribution < 1.29 is 44.8 Å². The second-order valence-corrected chi connectivity index (χ2v) is 15.1. The van der Waals surface area contributed by atoms with Gasteiger partial charge in [-0.25, -0.2) is 12.1 Å². The Bertz CT molecular complexity index is 1740. The van der Waals surface area contributed by atoms with E-state index in [0.717, 1.165) is 6.42 Å². The van der Waals surface area contributed by atoms with E-state index >= 15 is 0 Å². The van der Waals surface area contributed by atoms with Gasteiger partial charge in [-0.05, 0) is 40.7 Å². The van der Waals surface area contributed by atoms with Crippen LogP contribution >= 0.6 is 0 Å². The molecule has 0 radical (unpaired) electrons. The van der Waals surface area contributed by atoms with Crippen LogP contribution in [-0.4, -0.2) is 3.81 Å². The van der Waals surface area contributed by atoms with Crippen molar-refractivity contribution in [2.24, 2.45) is 10.8 Å². The average Bonchev–Trinajstić information content (AvgIpc) is 3.69. The van der Waals surface area contributed by atoms with Crippen LogP contribution < -0.4 is 24.8 Å². The number of hydrogen-bond acceptors (Lipinski definition) is 0. The summed E-state index contributed by atoms with van der Waals surface area (Å²) >= 11 is 2.12. The maximum absolute atomic E-state index is 2.49. The van der Waals surface area contributed by atoms with Gasteiger partial charge in [0.1, 0.15) is 0 Å². The Labute approximate surface area is 296 Å². The van der Waals surface area contributed by atoms with Gasteiger partial charge >= 0.3 is 66.6 Å². The number of aryl methyl sites for hydroxylation is 1. The van der Waals surface area contributed by atoms with Crippen LogP contribution in [-0.2, 0) is 31.8 Å². The summed E-state index contributed by atoms with van der Waals surface area (Å²) in [5, 5.41) is 2.94. The SMILES string of the molecule is C[C](=[Ti+2])c1ccccc1.Cc1cccc2c3c(c4c(c12)C(C)(C)C(C)(C)C(C)(C)[C-]4C)Cc1ccccc1-3.[Cl-].[Cl-].c1cc[cH-]c1. The number of benzene rings is 4. The predicted octanol–water partition coefficient (Wildman–Crippen LogP) is 5.19. The number of fused-ring (bicyclic) bond motifs is 8. The van der Waals surface area contributed by atoms with E-state index in [1.165, 1.54) is 42.4 Å². The molecule has 0 unspecified atom stereocenters. The van der Waals surface area contributed by atoms with Gasteiger partial charge in [-0.2, -0.15) is 29.7 Å². The van der Waals surface area contributed by atoms with Gasteiger partial charge in [0.25, 0.3) is 0 Å². The van der Waals surface area contributed by atoms with Crippen molar-refractivity contribution >= 4 is 14.6 Å². The first-order valence-electron chi connectivity index (χ1n) is 15.6. The van der Waals surface area contributed by atoms with Crippen molar-refractivity contribution in [1.82, 2.24) is 0 Å². The Hall–Kier alpha value is -2.48. The molecule has 234 valence electrons. The Balaban J connectivity index is 0.000000286. The summed E-state index contributed by atoms with van der Waals surface area (Å²) < 4.78 is 1.37. The topological polar surface area (TPSA) is 0 Å². The summed E-state index contributed by atoms with van der Waals surface area (Å²) in [4.78, 5) is 0. The Morgan fingerprint density at radius 1 is 0.778 bits per heavy atom. The molecule has 0 heterocycles. The van der Waals surface area contributed by atoms with Crippen molar-refractivity contribution in [2.45, 2.75) is 74.1 Å². The fourth-order valence-corrected chi connectivity index (χ4v) is 7.55. The quantitative estimate of drug-likeness (QED) is 0.167. The molecule has 0 aliphatic heterocycles. The van der Waals surface area contributed by atoms with Crippen molar-refractivity contribution in [2.75, 3.05) is 0 Å². The molecule has 0 N–H and O–H groups in total. The fraction of sp³-hybridized carbons (Fsp3) is 0.310. The molecule has 3 heteroatoms. The summed E-state index contributed by atoms with van der Waals surface area (Å²) in [6.07, 6.45) is 1.06. The zero-order valence-electron chi connectivity index (χ0n) is 28.3. The van der Waals surface area contributed by atoms with Crippen LogP contribution in [0, 0.1) is 23.7 Å². The summed E-state index contributed by atoms with van der Waals surface area (Å²) in [7, 11) is 0. The van der Waals surface area contributed by atoms with Crippen LogP contribution in [0.4, 0.5) is 0 Å². The molecule has 0 bridgehead atoms. The minimum Gasteiger partial charge on any atom is -1.00 e. The third kappa shape index (κ3) is 6.29. The molecule has 0 nitrogen and oxygen atoms in total. The van der Waals surface area contributed by atoms with Crippen molar-refractivity contribution in [3.05, 3.63) is 142 Å². The largest absolute Gasteiger partial charge is 1.00 e. The molecule has 5 aromatic carbocycles. The Morgan fingerprint density at radius 2 is 1.38 bits per heavy atom. The monoisotopic (exact) mass is 668 g/mol. The van der Waals surface area contributed by atoms with Crippen LogP contribution in [0.2, 0.25) is 0 Å². The van der Waals surface area contributed by atoms with E-state index in [9.17, 15) is 0 Å². The second-order valence-electron chi connectivity index (χ2n) is 13.9. The van der Waals surface area contributed by atoms with E-state index in [1.807, 2.05) is 36.4 Å². The van der Waals surface area contributed by atoms with Crippen LogP contribution in [0.15, 0.2) is 103 Å². The van der Waals surface area contributed by atoms with E-state index in [4.69, 9.17) is 0 Å².